The Balaban J connectivity index is -0.00000225. The minimum Gasteiger partial charge on any atom is -1.00 e. The van der Waals surface area contributed by atoms with E-state index in [2.05, 4.69) is 89.2 Å². The van der Waals surface area contributed by atoms with Crippen molar-refractivity contribution in [3.8, 4) is 11.5 Å². The van der Waals surface area contributed by atoms with Crippen molar-refractivity contribution in [2.45, 2.75) is 104 Å². The smallest absolute Gasteiger partial charge is 0.135 e. The molecule has 0 bridgehead atoms. The molecular formula is C22H40ClIrO2P2-2. The van der Waals surface area contributed by atoms with Crippen molar-refractivity contribution >= 4 is 16.3 Å². The third-order valence-corrected chi connectivity index (χ3v) is 9.19. The van der Waals surface area contributed by atoms with Crippen molar-refractivity contribution in [3.63, 3.8) is 0 Å². The second-order valence-corrected chi connectivity index (χ2v) is 17.7. The minimum atomic E-state index is -0.678. The van der Waals surface area contributed by atoms with Crippen molar-refractivity contribution in [3.05, 3.63) is 24.3 Å². The summed E-state index contributed by atoms with van der Waals surface area (Å²) in [4.78, 5) is 0. The standard InChI is InChI=1S/C22H39O2P2.ClH.Ir.H/c1-19(2,3)25(20(4,5)6)23-17-14-13-15-18(16-17)24-26(21(7,8)9)22(10,11)12;;;/h13-15H,1-12H3;1H;;/q;;;-1/p-1. The van der Waals surface area contributed by atoms with Gasteiger partial charge in [-0.2, -0.15) is 0 Å². The molecule has 0 atom stereocenters. The first-order valence-electron chi connectivity index (χ1n) is 9.41. The zero-order valence-corrected chi connectivity index (χ0v) is 24.6. The van der Waals surface area contributed by atoms with Gasteiger partial charge in [-0.25, -0.2) is 0 Å². The van der Waals surface area contributed by atoms with Gasteiger partial charge in [0.15, 0.2) is 0 Å². The molecular weight excluding hydrogens is 586 g/mol. The van der Waals surface area contributed by atoms with Crippen LogP contribution in [0.4, 0.5) is 0 Å². The number of benzene rings is 1. The van der Waals surface area contributed by atoms with Crippen molar-refractivity contribution in [1.29, 1.82) is 0 Å². The van der Waals surface area contributed by atoms with Crippen LogP contribution in [0.5, 0.6) is 11.5 Å². The van der Waals surface area contributed by atoms with Gasteiger partial charge in [0.25, 0.3) is 0 Å². The van der Waals surface area contributed by atoms with E-state index in [-0.39, 0.29) is 54.6 Å². The van der Waals surface area contributed by atoms with Gasteiger partial charge in [-0.1, -0.05) is 89.2 Å². The molecule has 2 nitrogen and oxygen atoms in total. The Morgan fingerprint density at radius 2 is 0.893 bits per heavy atom. The third-order valence-electron chi connectivity index (χ3n) is 3.56. The van der Waals surface area contributed by atoms with Crippen molar-refractivity contribution in [2.75, 3.05) is 0 Å². The van der Waals surface area contributed by atoms with Crippen molar-refractivity contribution in [2.24, 2.45) is 0 Å². The van der Waals surface area contributed by atoms with Gasteiger partial charge >= 0.3 is 0 Å². The molecule has 0 fully saturated rings. The first-order chi connectivity index (χ1) is 11.4. The maximum absolute atomic E-state index is 6.47. The Morgan fingerprint density at radius 1 is 0.643 bits per heavy atom. The van der Waals surface area contributed by atoms with E-state index >= 15 is 0 Å². The second kappa shape index (κ2) is 10.8. The Kier molecular flexibility index (Phi) is 11.9. The summed E-state index contributed by atoms with van der Waals surface area (Å²) in [7, 11) is -1.36. The molecule has 0 aliphatic rings. The largest absolute Gasteiger partial charge is 1.00 e. The molecule has 1 aromatic carbocycles. The average Bonchev–Trinajstić information content (AvgIpc) is 2.37. The van der Waals surface area contributed by atoms with Crippen LogP contribution in [0.15, 0.2) is 18.2 Å². The number of rotatable bonds is 4. The van der Waals surface area contributed by atoms with E-state index in [1.54, 1.807) is 0 Å². The van der Waals surface area contributed by atoms with Crippen LogP contribution in [0.25, 0.3) is 0 Å². The predicted octanol–water partition coefficient (Wildman–Crippen LogP) is 5.35. The Labute approximate surface area is 198 Å². The molecule has 1 aromatic rings. The van der Waals surface area contributed by atoms with E-state index in [1.807, 2.05) is 18.2 Å². The van der Waals surface area contributed by atoms with Crippen molar-refractivity contribution < 1.29 is 43.0 Å². The molecule has 0 aromatic heterocycles. The van der Waals surface area contributed by atoms with E-state index in [0.29, 0.717) is 0 Å². The summed E-state index contributed by atoms with van der Waals surface area (Å²) in [5.41, 5.74) is 0. The normalized spacial score (nSPS) is 13.1. The van der Waals surface area contributed by atoms with E-state index in [0.717, 1.165) is 11.5 Å². The van der Waals surface area contributed by atoms with Gasteiger partial charge in [-0.3, -0.25) is 0 Å². The zero-order valence-electron chi connectivity index (χ0n) is 20.7. The average molecular weight is 626 g/mol. The van der Waals surface area contributed by atoms with E-state index in [1.165, 1.54) is 0 Å². The molecule has 2 radical (unpaired) electrons. The molecule has 0 heterocycles. The molecule has 168 valence electrons. The summed E-state index contributed by atoms with van der Waals surface area (Å²) in [6.07, 6.45) is 0. The number of hydrogen-bond acceptors (Lipinski definition) is 2. The van der Waals surface area contributed by atoms with Crippen LogP contribution in [0.1, 0.15) is 84.5 Å². The molecule has 0 unspecified atom stereocenters. The van der Waals surface area contributed by atoms with E-state index < -0.39 is 16.3 Å². The number of hydrogen-bond donors (Lipinski definition) is 0. The molecule has 0 spiro atoms. The molecule has 0 N–H and O–H groups in total. The zero-order chi connectivity index (χ0) is 20.6. The quantitative estimate of drug-likeness (QED) is 0.421. The maximum atomic E-state index is 6.47. The van der Waals surface area contributed by atoms with Gasteiger partial charge in [0.1, 0.15) is 11.5 Å². The Hall–Kier alpha value is 0.619. The second-order valence-electron chi connectivity index (χ2n) is 10.8. The third kappa shape index (κ3) is 9.62. The SMILES string of the molecule is CC(C)(C)P(Oc1[c]c(OP(C(C)(C)C)C(C)(C)C)ccc1)C(C)(C)C.[Cl-].[H-].[Ir]. The van der Waals surface area contributed by atoms with Crippen molar-refractivity contribution in [1.82, 2.24) is 0 Å². The van der Waals surface area contributed by atoms with E-state index in [4.69, 9.17) is 9.05 Å². The van der Waals surface area contributed by atoms with Gasteiger partial charge in [-0.15, -0.1) is 0 Å². The van der Waals surface area contributed by atoms with Crippen LogP contribution in [0, 0.1) is 6.07 Å². The van der Waals surface area contributed by atoms with Gasteiger partial charge in [-0.05, 0) is 12.1 Å². The van der Waals surface area contributed by atoms with Crippen LogP contribution in [-0.2, 0) is 20.1 Å². The summed E-state index contributed by atoms with van der Waals surface area (Å²) in [6, 6.07) is 9.39. The van der Waals surface area contributed by atoms with Gasteiger partial charge in [0.05, 0.1) is 22.4 Å². The van der Waals surface area contributed by atoms with E-state index in [9.17, 15) is 0 Å². The minimum absolute atomic E-state index is 0. The number of halogens is 1. The molecule has 6 heteroatoms. The van der Waals surface area contributed by atoms with Crippen LogP contribution in [0.3, 0.4) is 0 Å². The monoisotopic (exact) mass is 626 g/mol. The maximum Gasteiger partial charge on any atom is 0.135 e. The molecule has 0 saturated heterocycles. The Morgan fingerprint density at radius 3 is 1.11 bits per heavy atom. The fourth-order valence-electron chi connectivity index (χ4n) is 3.29. The summed E-state index contributed by atoms with van der Waals surface area (Å²) in [5.74, 6) is 1.58. The van der Waals surface area contributed by atoms with Crippen LogP contribution < -0.4 is 21.5 Å². The fraction of sp³-hybridized carbons (Fsp3) is 0.727. The molecule has 0 amide bonds. The molecule has 0 aliphatic heterocycles. The summed E-state index contributed by atoms with van der Waals surface area (Å²) in [5, 5.41) is 0.396. The molecule has 0 saturated carbocycles. The topological polar surface area (TPSA) is 18.5 Å². The summed E-state index contributed by atoms with van der Waals surface area (Å²) in [6.45, 7) is 27.0. The first-order valence-corrected chi connectivity index (χ1v) is 11.9. The first kappa shape index (κ1) is 30.8. The summed E-state index contributed by atoms with van der Waals surface area (Å²) >= 11 is 0. The molecule has 1 rings (SSSR count). The van der Waals surface area contributed by atoms with Gasteiger partial charge < -0.3 is 22.9 Å². The van der Waals surface area contributed by atoms with Crippen LogP contribution >= 0.6 is 16.3 Å². The predicted molar refractivity (Wildman–Crippen MR) is 120 cm³/mol. The molecule has 0 aliphatic carbocycles. The fourth-order valence-corrected chi connectivity index (χ4v) is 9.02. The molecule has 28 heavy (non-hydrogen) atoms. The Bertz CT molecular complexity index is 525. The summed E-state index contributed by atoms with van der Waals surface area (Å²) < 4.78 is 12.9. The van der Waals surface area contributed by atoms with Crippen LogP contribution in [-0.4, -0.2) is 20.6 Å². The van der Waals surface area contributed by atoms with Gasteiger partial charge in [0.2, 0.25) is 0 Å². The van der Waals surface area contributed by atoms with Gasteiger partial charge in [0, 0.05) is 40.7 Å². The van der Waals surface area contributed by atoms with Crippen LogP contribution in [0.2, 0.25) is 0 Å².